The molecule has 2 aromatic heterocycles. The smallest absolute Gasteiger partial charge is 0.0486 e. The molecule has 3 aromatic rings. The van der Waals surface area contributed by atoms with Gasteiger partial charge in [-0.05, 0) is 56.6 Å². The monoisotopic (exact) mass is 347 g/mol. The van der Waals surface area contributed by atoms with Gasteiger partial charge in [-0.3, -0.25) is 4.98 Å². The van der Waals surface area contributed by atoms with Crippen molar-refractivity contribution in [3.05, 3.63) is 64.6 Å². The lowest BCUT2D eigenvalue weighted by atomic mass is 9.82. The summed E-state index contributed by atoms with van der Waals surface area (Å²) in [6.45, 7) is 12.2. The minimum Gasteiger partial charge on any atom is -0.343 e. The molecule has 0 N–H and O–H groups in total. The zero-order valence-electron chi connectivity index (χ0n) is 16.6. The lowest BCUT2D eigenvalue weighted by Crippen LogP contribution is -2.41. The van der Waals surface area contributed by atoms with Gasteiger partial charge in [0.1, 0.15) is 0 Å². The van der Waals surface area contributed by atoms with E-state index in [-0.39, 0.29) is 5.41 Å². The highest BCUT2D eigenvalue weighted by atomic mass is 15.1. The van der Waals surface area contributed by atoms with Gasteiger partial charge in [-0.15, -0.1) is 0 Å². The maximum absolute atomic E-state index is 4.46. The number of aryl methyl sites for hydroxylation is 4. The number of likely N-dealkylation sites (N-methyl/N-ethyl adjacent to an activating group) is 1. The highest BCUT2D eigenvalue weighted by Crippen LogP contribution is 2.39. The molecule has 1 aliphatic rings. The maximum atomic E-state index is 4.46. The lowest BCUT2D eigenvalue weighted by molar-refractivity contribution is 0.228. The van der Waals surface area contributed by atoms with E-state index in [1.807, 2.05) is 13.1 Å². The molecule has 136 valence electrons. The average Bonchev–Trinajstić information content (AvgIpc) is 2.87. The average molecular weight is 348 g/mol. The van der Waals surface area contributed by atoms with Crippen LogP contribution in [0.25, 0.3) is 10.9 Å². The van der Waals surface area contributed by atoms with Gasteiger partial charge < -0.3 is 9.47 Å². The zero-order chi connectivity index (χ0) is 18.5. The first-order chi connectivity index (χ1) is 12.3. The second kappa shape index (κ2) is 6.24. The molecule has 0 saturated carbocycles. The third kappa shape index (κ3) is 2.95. The number of pyridine rings is 1. The van der Waals surface area contributed by atoms with E-state index in [1.165, 1.54) is 33.3 Å². The summed E-state index contributed by atoms with van der Waals surface area (Å²) in [5, 5.41) is 1.43. The van der Waals surface area contributed by atoms with Crippen molar-refractivity contribution in [2.24, 2.45) is 0 Å². The molecule has 26 heavy (non-hydrogen) atoms. The van der Waals surface area contributed by atoms with Crippen molar-refractivity contribution in [1.29, 1.82) is 0 Å². The van der Waals surface area contributed by atoms with Gasteiger partial charge in [-0.25, -0.2) is 0 Å². The summed E-state index contributed by atoms with van der Waals surface area (Å²) in [6.07, 6.45) is 3.04. The van der Waals surface area contributed by atoms with Crippen molar-refractivity contribution in [1.82, 2.24) is 14.5 Å². The number of nitrogens with zero attached hydrogens (tertiary/aromatic N) is 3. The Bertz CT molecular complexity index is 948. The third-order valence-electron chi connectivity index (χ3n) is 5.65. The van der Waals surface area contributed by atoms with Gasteiger partial charge in [0.05, 0.1) is 0 Å². The highest BCUT2D eigenvalue weighted by Gasteiger charge is 2.35. The summed E-state index contributed by atoms with van der Waals surface area (Å²) >= 11 is 0. The predicted octanol–water partition coefficient (Wildman–Crippen LogP) is 4.62. The second-order valence-electron chi connectivity index (χ2n) is 8.61. The van der Waals surface area contributed by atoms with Crippen LogP contribution in [0.3, 0.4) is 0 Å². The summed E-state index contributed by atoms with van der Waals surface area (Å²) < 4.78 is 2.58. The number of hydrogen-bond donors (Lipinski definition) is 0. The number of aromatic nitrogens is 2. The molecule has 4 rings (SSSR count). The Morgan fingerprint density at radius 1 is 1.12 bits per heavy atom. The van der Waals surface area contributed by atoms with E-state index in [0.717, 1.165) is 31.7 Å². The van der Waals surface area contributed by atoms with Crippen molar-refractivity contribution < 1.29 is 0 Å². The van der Waals surface area contributed by atoms with E-state index >= 15 is 0 Å². The summed E-state index contributed by atoms with van der Waals surface area (Å²) in [5.41, 5.74) is 8.30. The Hall–Kier alpha value is -2.13. The zero-order valence-corrected chi connectivity index (χ0v) is 16.6. The van der Waals surface area contributed by atoms with E-state index in [0.29, 0.717) is 0 Å². The molecule has 0 atom stereocenters. The fourth-order valence-electron chi connectivity index (χ4n) is 4.67. The quantitative estimate of drug-likeness (QED) is 0.689. The summed E-state index contributed by atoms with van der Waals surface area (Å²) in [5.74, 6) is 0. The van der Waals surface area contributed by atoms with Crippen LogP contribution < -0.4 is 0 Å². The van der Waals surface area contributed by atoms with Crippen LogP contribution >= 0.6 is 0 Å². The molecule has 3 nitrogen and oxygen atoms in total. The van der Waals surface area contributed by atoms with Crippen LogP contribution in [-0.2, 0) is 24.9 Å². The van der Waals surface area contributed by atoms with E-state index in [4.69, 9.17) is 0 Å². The van der Waals surface area contributed by atoms with Crippen molar-refractivity contribution >= 4 is 10.9 Å². The second-order valence-corrected chi connectivity index (χ2v) is 8.61. The van der Waals surface area contributed by atoms with Gasteiger partial charge >= 0.3 is 0 Å². The Kier molecular flexibility index (Phi) is 4.15. The number of hydrogen-bond acceptors (Lipinski definition) is 2. The predicted molar refractivity (Wildman–Crippen MR) is 109 cm³/mol. The van der Waals surface area contributed by atoms with E-state index in [9.17, 15) is 0 Å². The molecule has 0 fully saturated rings. The van der Waals surface area contributed by atoms with Crippen molar-refractivity contribution in [3.8, 4) is 0 Å². The Labute approximate surface area is 156 Å². The standard InChI is InChI=1S/C23H29N3/c1-16-6-9-21-19(12-16)20-14-25(5)15-23(3,4)22(20)26(21)11-10-18-8-7-17(2)24-13-18/h6-9,12-13H,10-11,14-15H2,1-5H3. The van der Waals surface area contributed by atoms with E-state index in [1.54, 1.807) is 0 Å². The van der Waals surface area contributed by atoms with Gasteiger partial charge in [-0.2, -0.15) is 0 Å². The Morgan fingerprint density at radius 3 is 2.65 bits per heavy atom. The molecule has 1 aromatic carbocycles. The minimum atomic E-state index is 0.154. The number of benzene rings is 1. The SMILES string of the molecule is Cc1ccc2c(c1)c1c(n2CCc2ccc(C)nc2)C(C)(C)CN(C)C1. The fourth-order valence-corrected chi connectivity index (χ4v) is 4.67. The van der Waals surface area contributed by atoms with Crippen molar-refractivity contribution in [3.63, 3.8) is 0 Å². The first kappa shape index (κ1) is 17.3. The van der Waals surface area contributed by atoms with E-state index in [2.05, 4.69) is 72.6 Å². The summed E-state index contributed by atoms with van der Waals surface area (Å²) in [6, 6.07) is 11.2. The largest absolute Gasteiger partial charge is 0.343 e. The van der Waals surface area contributed by atoms with Crippen LogP contribution in [-0.4, -0.2) is 28.0 Å². The maximum Gasteiger partial charge on any atom is 0.0486 e. The van der Waals surface area contributed by atoms with Gasteiger partial charge in [0.2, 0.25) is 0 Å². The molecule has 0 spiro atoms. The van der Waals surface area contributed by atoms with Crippen LogP contribution in [0.1, 0.15) is 41.9 Å². The first-order valence-corrected chi connectivity index (χ1v) is 9.57. The van der Waals surface area contributed by atoms with E-state index < -0.39 is 0 Å². The molecule has 0 radical (unpaired) electrons. The highest BCUT2D eigenvalue weighted by molar-refractivity contribution is 5.87. The molecule has 0 bridgehead atoms. The molecule has 0 amide bonds. The topological polar surface area (TPSA) is 21.1 Å². The molecule has 3 heterocycles. The van der Waals surface area contributed by atoms with Gasteiger partial charge in [0, 0.05) is 53.5 Å². The lowest BCUT2D eigenvalue weighted by Gasteiger charge is -2.37. The molecule has 3 heteroatoms. The molecular formula is C23H29N3. The normalized spacial score (nSPS) is 16.8. The van der Waals surface area contributed by atoms with Gasteiger partial charge in [0.15, 0.2) is 0 Å². The molecular weight excluding hydrogens is 318 g/mol. The fraction of sp³-hybridized carbons (Fsp3) is 0.435. The third-order valence-corrected chi connectivity index (χ3v) is 5.65. The van der Waals surface area contributed by atoms with Gasteiger partial charge in [0.25, 0.3) is 0 Å². The first-order valence-electron chi connectivity index (χ1n) is 9.57. The molecule has 0 saturated heterocycles. The van der Waals surface area contributed by atoms with Crippen LogP contribution in [0.2, 0.25) is 0 Å². The minimum absolute atomic E-state index is 0.154. The Morgan fingerprint density at radius 2 is 1.92 bits per heavy atom. The number of fused-ring (bicyclic) bond motifs is 3. The van der Waals surface area contributed by atoms with Crippen LogP contribution in [0, 0.1) is 13.8 Å². The van der Waals surface area contributed by atoms with Crippen LogP contribution in [0.15, 0.2) is 36.5 Å². The van der Waals surface area contributed by atoms with Crippen molar-refractivity contribution in [2.75, 3.05) is 13.6 Å². The van der Waals surface area contributed by atoms with Gasteiger partial charge in [-0.1, -0.05) is 31.5 Å². The molecule has 0 aliphatic carbocycles. The Balaban J connectivity index is 1.82. The molecule has 0 unspecified atom stereocenters. The summed E-state index contributed by atoms with van der Waals surface area (Å²) in [4.78, 5) is 6.92. The number of rotatable bonds is 3. The van der Waals surface area contributed by atoms with Crippen LogP contribution in [0.4, 0.5) is 0 Å². The van der Waals surface area contributed by atoms with Crippen molar-refractivity contribution in [2.45, 2.75) is 52.6 Å². The van der Waals surface area contributed by atoms with Crippen LogP contribution in [0.5, 0.6) is 0 Å². The summed E-state index contributed by atoms with van der Waals surface area (Å²) in [7, 11) is 2.24. The molecule has 1 aliphatic heterocycles.